The maximum absolute atomic E-state index is 12.8. The summed E-state index contributed by atoms with van der Waals surface area (Å²) in [5, 5.41) is -0.843. The molecular formula is C11H11ClF2O2. The zero-order chi connectivity index (χ0) is 12.3. The molecule has 2 nitrogen and oxygen atoms in total. The van der Waals surface area contributed by atoms with Crippen molar-refractivity contribution in [1.82, 2.24) is 0 Å². The second-order valence-corrected chi connectivity index (χ2v) is 3.86. The number of halogens is 3. The number of alkyl halides is 3. The van der Waals surface area contributed by atoms with Crippen LogP contribution in [0.5, 0.6) is 5.75 Å². The van der Waals surface area contributed by atoms with Gasteiger partial charge in [0.05, 0.1) is 18.1 Å². The van der Waals surface area contributed by atoms with Gasteiger partial charge in [-0.1, -0.05) is 12.1 Å². The third kappa shape index (κ3) is 2.50. The van der Waals surface area contributed by atoms with Gasteiger partial charge >= 0.3 is 0 Å². The fourth-order valence-corrected chi connectivity index (χ4v) is 1.49. The van der Waals surface area contributed by atoms with Crippen LogP contribution in [-0.4, -0.2) is 18.3 Å². The van der Waals surface area contributed by atoms with E-state index in [1.54, 1.807) is 0 Å². The minimum Gasteiger partial charge on any atom is -0.496 e. The van der Waals surface area contributed by atoms with Crippen molar-refractivity contribution < 1.29 is 18.3 Å². The predicted molar refractivity (Wildman–Crippen MR) is 57.6 cm³/mol. The molecule has 0 saturated carbocycles. The van der Waals surface area contributed by atoms with E-state index in [4.69, 9.17) is 16.3 Å². The maximum atomic E-state index is 12.8. The van der Waals surface area contributed by atoms with Crippen LogP contribution in [0.1, 0.15) is 29.3 Å². The summed E-state index contributed by atoms with van der Waals surface area (Å²) in [7, 11) is 1.28. The molecule has 1 aromatic carbocycles. The number of carbonyl (C=O) groups is 1. The fourth-order valence-electron chi connectivity index (χ4n) is 1.38. The average molecular weight is 249 g/mol. The summed E-state index contributed by atoms with van der Waals surface area (Å²) in [4.78, 5) is 11.6. The Labute approximate surface area is 97.2 Å². The molecule has 0 radical (unpaired) electrons. The Hall–Kier alpha value is -1.16. The van der Waals surface area contributed by atoms with Gasteiger partial charge in [0.1, 0.15) is 5.75 Å². The van der Waals surface area contributed by atoms with Gasteiger partial charge in [0, 0.05) is 5.56 Å². The molecule has 0 fully saturated rings. The summed E-state index contributed by atoms with van der Waals surface area (Å²) in [6.45, 7) is 1.44. The number of ketones is 1. The molecule has 0 saturated heterocycles. The number of hydrogen-bond acceptors (Lipinski definition) is 2. The molecule has 5 heteroatoms. The van der Waals surface area contributed by atoms with Crippen LogP contribution in [0, 0.1) is 0 Å². The highest BCUT2D eigenvalue weighted by Crippen LogP contribution is 2.33. The van der Waals surface area contributed by atoms with Crippen LogP contribution in [0.4, 0.5) is 8.78 Å². The van der Waals surface area contributed by atoms with E-state index in [9.17, 15) is 13.6 Å². The molecule has 1 unspecified atom stereocenters. The first-order valence-electron chi connectivity index (χ1n) is 4.62. The quantitative estimate of drug-likeness (QED) is 0.603. The van der Waals surface area contributed by atoms with E-state index in [1.165, 1.54) is 32.2 Å². The Morgan fingerprint density at radius 1 is 1.44 bits per heavy atom. The summed E-state index contributed by atoms with van der Waals surface area (Å²) >= 11 is 5.60. The van der Waals surface area contributed by atoms with Crippen molar-refractivity contribution in [2.75, 3.05) is 7.11 Å². The van der Waals surface area contributed by atoms with Crippen LogP contribution < -0.4 is 4.74 Å². The monoisotopic (exact) mass is 248 g/mol. The third-order valence-electron chi connectivity index (χ3n) is 2.13. The average Bonchev–Trinajstić information content (AvgIpc) is 2.26. The minimum atomic E-state index is -2.77. The molecule has 0 aromatic heterocycles. The second-order valence-electron chi connectivity index (χ2n) is 3.20. The van der Waals surface area contributed by atoms with Gasteiger partial charge < -0.3 is 4.74 Å². The van der Waals surface area contributed by atoms with Gasteiger partial charge in [-0.15, -0.1) is 11.6 Å². The van der Waals surface area contributed by atoms with E-state index in [-0.39, 0.29) is 11.3 Å². The molecule has 0 aliphatic rings. The number of hydrogen-bond donors (Lipinski definition) is 0. The number of carbonyl (C=O) groups excluding carboxylic acids is 1. The molecule has 16 heavy (non-hydrogen) atoms. The predicted octanol–water partition coefficient (Wildman–Crippen LogP) is 3.44. The van der Waals surface area contributed by atoms with E-state index in [2.05, 4.69) is 0 Å². The summed E-state index contributed by atoms with van der Waals surface area (Å²) in [5.41, 5.74) is -0.487. The van der Waals surface area contributed by atoms with Gasteiger partial charge in [-0.05, 0) is 13.0 Å². The topological polar surface area (TPSA) is 26.3 Å². The Balaban J connectivity index is 3.33. The zero-order valence-corrected chi connectivity index (χ0v) is 9.59. The van der Waals surface area contributed by atoms with Crippen LogP contribution >= 0.6 is 11.6 Å². The molecule has 1 rings (SSSR count). The standard InChI is InChI=1S/C11H11ClF2O2/c1-6(12)10(15)7-4-3-5-8(16-2)9(7)11(13)14/h3-6,11H,1-2H3. The molecule has 0 N–H and O–H groups in total. The fraction of sp³-hybridized carbons (Fsp3) is 0.364. The van der Waals surface area contributed by atoms with Crippen molar-refractivity contribution in [3.8, 4) is 5.75 Å². The van der Waals surface area contributed by atoms with Crippen LogP contribution in [0.3, 0.4) is 0 Å². The molecule has 1 atom stereocenters. The van der Waals surface area contributed by atoms with Gasteiger partial charge in [0.2, 0.25) is 0 Å². The molecule has 0 spiro atoms. The SMILES string of the molecule is COc1cccc(C(=O)C(C)Cl)c1C(F)F. The van der Waals surface area contributed by atoms with Crippen molar-refractivity contribution in [1.29, 1.82) is 0 Å². The van der Waals surface area contributed by atoms with Gasteiger partial charge in [-0.3, -0.25) is 4.79 Å². The smallest absolute Gasteiger partial charge is 0.268 e. The third-order valence-corrected chi connectivity index (χ3v) is 2.33. The molecule has 0 bridgehead atoms. The molecule has 0 heterocycles. The van der Waals surface area contributed by atoms with Crippen molar-refractivity contribution in [2.24, 2.45) is 0 Å². The van der Waals surface area contributed by atoms with Crippen LogP contribution in [0.15, 0.2) is 18.2 Å². The maximum Gasteiger partial charge on any atom is 0.268 e. The number of benzene rings is 1. The Kier molecular flexibility index (Phi) is 4.24. The van der Waals surface area contributed by atoms with Crippen molar-refractivity contribution in [2.45, 2.75) is 18.7 Å². The highest BCUT2D eigenvalue weighted by atomic mass is 35.5. The summed E-state index contributed by atoms with van der Waals surface area (Å²) < 4.78 is 30.4. The summed E-state index contributed by atoms with van der Waals surface area (Å²) in [6, 6.07) is 4.19. The van der Waals surface area contributed by atoms with E-state index >= 15 is 0 Å². The van der Waals surface area contributed by atoms with E-state index in [0.717, 1.165) is 0 Å². The van der Waals surface area contributed by atoms with Gasteiger partial charge in [-0.2, -0.15) is 0 Å². The summed E-state index contributed by atoms with van der Waals surface area (Å²) in [5.74, 6) is -0.533. The largest absolute Gasteiger partial charge is 0.496 e. The van der Waals surface area contributed by atoms with Crippen LogP contribution in [-0.2, 0) is 0 Å². The molecule has 1 aromatic rings. The lowest BCUT2D eigenvalue weighted by Gasteiger charge is -2.13. The number of rotatable bonds is 4. The minimum absolute atomic E-state index is 0.00170. The summed E-state index contributed by atoms with van der Waals surface area (Å²) in [6.07, 6.45) is -2.77. The normalized spacial score (nSPS) is 12.6. The van der Waals surface area contributed by atoms with E-state index in [1.807, 2.05) is 0 Å². The highest BCUT2D eigenvalue weighted by Gasteiger charge is 2.24. The first-order chi connectivity index (χ1) is 7.49. The molecule has 0 aliphatic carbocycles. The van der Waals surface area contributed by atoms with Crippen LogP contribution in [0.25, 0.3) is 0 Å². The second kappa shape index (κ2) is 5.25. The first kappa shape index (κ1) is 12.9. The molecular weight excluding hydrogens is 238 g/mol. The van der Waals surface area contributed by atoms with Crippen molar-refractivity contribution in [3.63, 3.8) is 0 Å². The first-order valence-corrected chi connectivity index (χ1v) is 5.06. The number of ether oxygens (including phenoxy) is 1. The van der Waals surface area contributed by atoms with Gasteiger partial charge in [0.15, 0.2) is 5.78 Å². The molecule has 88 valence electrons. The highest BCUT2D eigenvalue weighted by molar-refractivity contribution is 6.33. The van der Waals surface area contributed by atoms with Crippen LogP contribution in [0.2, 0.25) is 0 Å². The van der Waals surface area contributed by atoms with Gasteiger partial charge in [-0.25, -0.2) is 8.78 Å². The lowest BCUT2D eigenvalue weighted by Crippen LogP contribution is -2.14. The lowest BCUT2D eigenvalue weighted by molar-refractivity contribution is 0.0975. The Morgan fingerprint density at radius 3 is 2.50 bits per heavy atom. The van der Waals surface area contributed by atoms with E-state index < -0.39 is 23.1 Å². The lowest BCUT2D eigenvalue weighted by atomic mass is 10.0. The molecule has 0 amide bonds. The Morgan fingerprint density at radius 2 is 2.06 bits per heavy atom. The van der Waals surface area contributed by atoms with Gasteiger partial charge in [0.25, 0.3) is 6.43 Å². The van der Waals surface area contributed by atoms with E-state index in [0.29, 0.717) is 0 Å². The number of methoxy groups -OCH3 is 1. The zero-order valence-electron chi connectivity index (χ0n) is 8.84. The molecule has 0 aliphatic heterocycles. The number of Topliss-reactive ketones (excluding diaryl/α,β-unsaturated/α-hetero) is 1. The van der Waals surface area contributed by atoms with Crippen molar-refractivity contribution in [3.05, 3.63) is 29.3 Å². The Bertz CT molecular complexity index is 392. The van der Waals surface area contributed by atoms with Crippen molar-refractivity contribution >= 4 is 17.4 Å².